The number of carbonyl (C=O) groups excluding carboxylic acids is 3. The summed E-state index contributed by atoms with van der Waals surface area (Å²) in [7, 11) is 2.11. The zero-order chi connectivity index (χ0) is 31.7. The Bertz CT molecular complexity index is 1410. The Morgan fingerprint density at radius 3 is 2.51 bits per heavy atom. The molecule has 242 valence electrons. The lowest BCUT2D eigenvalue weighted by Gasteiger charge is -2.38. The maximum atomic E-state index is 13.9. The summed E-state index contributed by atoms with van der Waals surface area (Å²) < 4.78 is 5.99. The number of piperidine rings is 1. The Hall–Kier alpha value is -3.54. The predicted octanol–water partition coefficient (Wildman–Crippen LogP) is 3.76. The lowest BCUT2D eigenvalue weighted by Crippen LogP contribution is -2.51. The fraction of sp³-hybridized carbons (Fsp3) is 0.545. The van der Waals surface area contributed by atoms with Crippen LogP contribution in [0.5, 0.6) is 5.75 Å². The molecule has 4 aliphatic rings. The van der Waals surface area contributed by atoms with Gasteiger partial charge in [-0.15, -0.1) is 0 Å². The van der Waals surface area contributed by atoms with Crippen LogP contribution in [0.3, 0.4) is 0 Å². The SMILES string of the molecule is Cc1cc(C[C@@H](OC(=O)N2CCC(N3CCc4ccccc4NC3=O)CC2)C(=O)N2CCN(C3CCN(C)C3)C2)cc(Cl)c1O. The van der Waals surface area contributed by atoms with Gasteiger partial charge in [-0.05, 0) is 75.0 Å². The van der Waals surface area contributed by atoms with Gasteiger partial charge in [-0.3, -0.25) is 9.69 Å². The largest absolute Gasteiger partial charge is 0.506 e. The lowest BCUT2D eigenvalue weighted by atomic mass is 10.0. The van der Waals surface area contributed by atoms with Crippen molar-refractivity contribution in [2.45, 2.75) is 57.2 Å². The maximum absolute atomic E-state index is 13.9. The van der Waals surface area contributed by atoms with Crippen LogP contribution in [-0.4, -0.2) is 125 Å². The molecule has 0 aromatic heterocycles. The number of phenols is 1. The molecule has 2 aromatic rings. The third-order valence-corrected chi connectivity index (χ3v) is 10.1. The van der Waals surface area contributed by atoms with E-state index in [1.165, 1.54) is 0 Å². The Morgan fingerprint density at radius 2 is 1.78 bits per heavy atom. The number of nitrogens with zero attached hydrogens (tertiary/aromatic N) is 5. The van der Waals surface area contributed by atoms with Crippen molar-refractivity contribution >= 4 is 35.3 Å². The zero-order valence-electron chi connectivity index (χ0n) is 26.1. The number of anilines is 1. The van der Waals surface area contributed by atoms with E-state index in [-0.39, 0.29) is 35.2 Å². The van der Waals surface area contributed by atoms with E-state index in [1.807, 2.05) is 29.2 Å². The molecule has 2 N–H and O–H groups in total. The van der Waals surface area contributed by atoms with Gasteiger partial charge in [0.15, 0.2) is 6.10 Å². The summed E-state index contributed by atoms with van der Waals surface area (Å²) in [6.45, 7) is 7.12. The molecule has 4 aliphatic heterocycles. The van der Waals surface area contributed by atoms with E-state index in [9.17, 15) is 19.5 Å². The molecule has 0 aliphatic carbocycles. The monoisotopic (exact) mass is 638 g/mol. The van der Waals surface area contributed by atoms with Crippen molar-refractivity contribution < 1.29 is 24.2 Å². The number of benzene rings is 2. The first-order valence-electron chi connectivity index (χ1n) is 16.0. The van der Waals surface area contributed by atoms with Gasteiger partial charge in [-0.25, -0.2) is 9.59 Å². The second-order valence-electron chi connectivity index (χ2n) is 12.8. The fourth-order valence-corrected chi connectivity index (χ4v) is 7.40. The summed E-state index contributed by atoms with van der Waals surface area (Å²) >= 11 is 6.26. The van der Waals surface area contributed by atoms with Crippen LogP contribution in [0.1, 0.15) is 36.0 Å². The van der Waals surface area contributed by atoms with Crippen molar-refractivity contribution in [2.75, 3.05) is 64.8 Å². The Kier molecular flexibility index (Phi) is 9.39. The van der Waals surface area contributed by atoms with Gasteiger partial charge in [0.1, 0.15) is 5.75 Å². The number of hydrogen-bond acceptors (Lipinski definition) is 7. The average Bonchev–Trinajstić information content (AvgIpc) is 3.66. The van der Waals surface area contributed by atoms with Gasteiger partial charge in [0.25, 0.3) is 5.91 Å². The van der Waals surface area contributed by atoms with E-state index in [2.05, 4.69) is 22.2 Å². The van der Waals surface area contributed by atoms with Crippen molar-refractivity contribution in [1.82, 2.24) is 24.5 Å². The van der Waals surface area contributed by atoms with Gasteiger partial charge >= 0.3 is 12.1 Å². The van der Waals surface area contributed by atoms with Crippen LogP contribution < -0.4 is 5.32 Å². The van der Waals surface area contributed by atoms with E-state index >= 15 is 0 Å². The lowest BCUT2D eigenvalue weighted by molar-refractivity contribution is -0.140. The number of amides is 4. The molecule has 4 amide bonds. The molecule has 2 aromatic carbocycles. The highest BCUT2D eigenvalue weighted by molar-refractivity contribution is 6.32. The number of fused-ring (bicyclic) bond motifs is 1. The molecule has 11 nitrogen and oxygen atoms in total. The number of para-hydroxylation sites is 1. The minimum Gasteiger partial charge on any atom is -0.506 e. The summed E-state index contributed by atoms with van der Waals surface area (Å²) in [5.41, 5.74) is 3.27. The molecule has 3 saturated heterocycles. The molecule has 6 rings (SSSR count). The number of hydrogen-bond donors (Lipinski definition) is 2. The second-order valence-corrected chi connectivity index (χ2v) is 13.2. The molecule has 0 radical (unpaired) electrons. The molecule has 2 atom stereocenters. The summed E-state index contributed by atoms with van der Waals surface area (Å²) in [5, 5.41) is 13.4. The number of halogens is 1. The van der Waals surface area contributed by atoms with Crippen LogP contribution in [0, 0.1) is 6.92 Å². The van der Waals surface area contributed by atoms with E-state index in [4.69, 9.17) is 16.3 Å². The predicted molar refractivity (Wildman–Crippen MR) is 171 cm³/mol. The van der Waals surface area contributed by atoms with Crippen LogP contribution in [0.4, 0.5) is 15.3 Å². The second kappa shape index (κ2) is 13.4. The molecule has 0 spiro atoms. The number of carbonyl (C=O) groups is 3. The molecule has 1 unspecified atom stereocenters. The number of urea groups is 1. The molecule has 45 heavy (non-hydrogen) atoms. The number of ether oxygens (including phenoxy) is 1. The molecule has 12 heteroatoms. The topological polar surface area (TPSA) is 109 Å². The number of nitrogens with one attached hydrogen (secondary N) is 1. The van der Waals surface area contributed by atoms with E-state index in [0.29, 0.717) is 62.9 Å². The number of aromatic hydroxyl groups is 1. The number of likely N-dealkylation sites (tertiary alicyclic amines) is 2. The standard InChI is InChI=1S/C33H43ClN6O5/c1-22-17-23(18-27(34)30(22)41)19-29(31(42)39-16-15-38(21-39)26-8-11-36(2)20-26)45-33(44)37-12-9-25(10-13-37)40-14-7-24-5-3-4-6-28(24)35-32(40)43/h3-6,17-18,25-26,29,41H,7-16,19-21H2,1-2H3,(H,35,43)/t26?,29-/m1/s1. The molecular formula is C33H43ClN6O5. The number of rotatable bonds is 6. The van der Waals surface area contributed by atoms with Crippen molar-refractivity contribution in [3.8, 4) is 5.75 Å². The first-order chi connectivity index (χ1) is 21.7. The maximum Gasteiger partial charge on any atom is 0.410 e. The van der Waals surface area contributed by atoms with Gasteiger partial charge in [0.05, 0.1) is 11.7 Å². The van der Waals surface area contributed by atoms with Gasteiger partial charge in [-0.2, -0.15) is 0 Å². The normalized spacial score (nSPS) is 22.2. The molecular weight excluding hydrogens is 596 g/mol. The highest BCUT2D eigenvalue weighted by Gasteiger charge is 2.38. The third kappa shape index (κ3) is 7.00. The third-order valence-electron chi connectivity index (χ3n) is 9.76. The highest BCUT2D eigenvalue weighted by atomic mass is 35.5. The van der Waals surface area contributed by atoms with Crippen LogP contribution in [0.2, 0.25) is 5.02 Å². The van der Waals surface area contributed by atoms with Gasteiger partial charge in [0.2, 0.25) is 0 Å². The fourth-order valence-electron chi connectivity index (χ4n) is 7.11. The molecule has 0 saturated carbocycles. The van der Waals surface area contributed by atoms with E-state index < -0.39 is 12.2 Å². The first kappa shape index (κ1) is 31.4. The van der Waals surface area contributed by atoms with Crippen LogP contribution >= 0.6 is 11.6 Å². The summed E-state index contributed by atoms with van der Waals surface area (Å²) in [6.07, 6.45) is 1.68. The molecule has 0 bridgehead atoms. The highest BCUT2D eigenvalue weighted by Crippen LogP contribution is 2.30. The Morgan fingerprint density at radius 1 is 1.02 bits per heavy atom. The van der Waals surface area contributed by atoms with Crippen LogP contribution in [0.25, 0.3) is 0 Å². The number of phenolic OH excluding ortho intramolecular Hbond substituents is 1. The summed E-state index contributed by atoms with van der Waals surface area (Å²) in [6, 6.07) is 11.6. The van der Waals surface area contributed by atoms with Crippen LogP contribution in [-0.2, 0) is 22.4 Å². The van der Waals surface area contributed by atoms with Gasteiger partial charge < -0.3 is 34.8 Å². The Balaban J connectivity index is 1.10. The van der Waals surface area contributed by atoms with E-state index in [0.717, 1.165) is 43.7 Å². The summed E-state index contributed by atoms with van der Waals surface area (Å²) in [4.78, 5) is 50.4. The minimum absolute atomic E-state index is 0.00171. The van der Waals surface area contributed by atoms with Gasteiger partial charge in [0, 0.05) is 63.5 Å². The van der Waals surface area contributed by atoms with Crippen molar-refractivity contribution in [2.24, 2.45) is 0 Å². The quantitative estimate of drug-likeness (QED) is 0.496. The average molecular weight is 639 g/mol. The number of likely N-dealkylation sites (N-methyl/N-ethyl adjacent to an activating group) is 1. The molecule has 3 fully saturated rings. The smallest absolute Gasteiger partial charge is 0.410 e. The van der Waals surface area contributed by atoms with E-state index in [1.54, 1.807) is 28.9 Å². The van der Waals surface area contributed by atoms with Crippen LogP contribution in [0.15, 0.2) is 36.4 Å². The van der Waals surface area contributed by atoms with Crippen molar-refractivity contribution in [3.63, 3.8) is 0 Å². The first-order valence-corrected chi connectivity index (χ1v) is 16.3. The summed E-state index contributed by atoms with van der Waals surface area (Å²) in [5.74, 6) is -0.225. The minimum atomic E-state index is -1.03. The Labute approximate surface area is 269 Å². The number of aryl methyl sites for hydroxylation is 1. The van der Waals surface area contributed by atoms with Crippen molar-refractivity contribution in [1.29, 1.82) is 0 Å². The van der Waals surface area contributed by atoms with Gasteiger partial charge in [-0.1, -0.05) is 35.9 Å². The zero-order valence-corrected chi connectivity index (χ0v) is 26.8. The van der Waals surface area contributed by atoms with Crippen molar-refractivity contribution in [3.05, 3.63) is 58.1 Å². The molecule has 4 heterocycles.